The third-order valence-electron chi connectivity index (χ3n) is 3.00. The maximum absolute atomic E-state index is 11.9. The SMILES string of the molecule is NC(=O)c1cccnc1NC(=O)[C@@H](O)[CH]Cc1ccccc1. The summed E-state index contributed by atoms with van der Waals surface area (Å²) in [4.78, 5) is 27.1. The monoisotopic (exact) mass is 298 g/mol. The Balaban J connectivity index is 1.96. The Morgan fingerprint density at radius 3 is 2.64 bits per heavy atom. The average molecular weight is 298 g/mol. The molecule has 1 atom stereocenters. The van der Waals surface area contributed by atoms with Crippen LogP contribution in [0.5, 0.6) is 0 Å². The Bertz CT molecular complexity index is 659. The molecule has 0 spiro atoms. The molecule has 1 radical (unpaired) electrons. The normalized spacial score (nSPS) is 11.7. The summed E-state index contributed by atoms with van der Waals surface area (Å²) < 4.78 is 0. The van der Waals surface area contributed by atoms with Crippen LogP contribution in [0, 0.1) is 6.42 Å². The standard InChI is InChI=1S/C16H16N3O3/c17-14(21)12-7-4-10-18-15(12)19-16(22)13(20)9-8-11-5-2-1-3-6-11/h1-7,9-10,13,20H,8H2,(H2,17,21)(H,18,19,22)/t13-/m0/s1. The van der Waals surface area contributed by atoms with Crippen LogP contribution in [0.2, 0.25) is 0 Å². The summed E-state index contributed by atoms with van der Waals surface area (Å²) in [7, 11) is 0. The van der Waals surface area contributed by atoms with Gasteiger partial charge in [-0.25, -0.2) is 4.98 Å². The molecule has 1 heterocycles. The molecule has 6 nitrogen and oxygen atoms in total. The third kappa shape index (κ3) is 4.13. The van der Waals surface area contributed by atoms with E-state index in [2.05, 4.69) is 10.3 Å². The van der Waals surface area contributed by atoms with Gasteiger partial charge < -0.3 is 16.2 Å². The maximum Gasteiger partial charge on any atom is 0.254 e. The predicted octanol–water partition coefficient (Wildman–Crippen LogP) is 0.927. The quantitative estimate of drug-likeness (QED) is 0.737. The summed E-state index contributed by atoms with van der Waals surface area (Å²) in [5.74, 6) is -1.34. The molecule has 0 saturated carbocycles. The van der Waals surface area contributed by atoms with Crippen LogP contribution in [0.1, 0.15) is 15.9 Å². The largest absolute Gasteiger partial charge is 0.383 e. The zero-order chi connectivity index (χ0) is 15.9. The molecule has 6 heteroatoms. The number of carbonyl (C=O) groups excluding carboxylic acids is 2. The number of hydrogen-bond acceptors (Lipinski definition) is 4. The minimum atomic E-state index is -1.32. The maximum atomic E-state index is 11.9. The lowest BCUT2D eigenvalue weighted by atomic mass is 10.1. The summed E-state index contributed by atoms with van der Waals surface area (Å²) in [6.45, 7) is 0. The lowest BCUT2D eigenvalue weighted by Crippen LogP contribution is -2.30. The Labute approximate surface area is 128 Å². The number of rotatable bonds is 6. The summed E-state index contributed by atoms with van der Waals surface area (Å²) in [5, 5.41) is 12.3. The van der Waals surface area contributed by atoms with E-state index < -0.39 is 17.9 Å². The van der Waals surface area contributed by atoms with Crippen LogP contribution >= 0.6 is 0 Å². The molecule has 0 aliphatic heterocycles. The molecule has 0 unspecified atom stereocenters. The Hall–Kier alpha value is -2.73. The van der Waals surface area contributed by atoms with Gasteiger partial charge in [-0.2, -0.15) is 0 Å². The van der Waals surface area contributed by atoms with E-state index in [4.69, 9.17) is 5.73 Å². The van der Waals surface area contributed by atoms with E-state index in [9.17, 15) is 14.7 Å². The number of benzene rings is 1. The number of primary amides is 1. The number of pyridine rings is 1. The molecule has 0 fully saturated rings. The summed E-state index contributed by atoms with van der Waals surface area (Å²) in [6.07, 6.45) is 2.02. The highest BCUT2D eigenvalue weighted by molar-refractivity contribution is 6.03. The molecular formula is C16H16N3O3. The van der Waals surface area contributed by atoms with Gasteiger partial charge in [0, 0.05) is 12.6 Å². The Morgan fingerprint density at radius 2 is 1.95 bits per heavy atom. The van der Waals surface area contributed by atoms with Crippen LogP contribution in [-0.4, -0.2) is 28.0 Å². The zero-order valence-electron chi connectivity index (χ0n) is 11.8. The van der Waals surface area contributed by atoms with Crippen molar-refractivity contribution in [3.05, 3.63) is 66.2 Å². The molecule has 22 heavy (non-hydrogen) atoms. The first kappa shape index (κ1) is 15.7. The van der Waals surface area contributed by atoms with Gasteiger partial charge >= 0.3 is 0 Å². The molecule has 1 aromatic heterocycles. The van der Waals surface area contributed by atoms with Crippen molar-refractivity contribution < 1.29 is 14.7 Å². The van der Waals surface area contributed by atoms with Crippen LogP contribution in [0.25, 0.3) is 0 Å². The highest BCUT2D eigenvalue weighted by Crippen LogP contribution is 2.12. The van der Waals surface area contributed by atoms with E-state index in [-0.39, 0.29) is 11.4 Å². The molecule has 113 valence electrons. The topological polar surface area (TPSA) is 105 Å². The van der Waals surface area contributed by atoms with Crippen molar-refractivity contribution >= 4 is 17.6 Å². The number of hydrogen-bond donors (Lipinski definition) is 3. The van der Waals surface area contributed by atoms with Gasteiger partial charge in [-0.3, -0.25) is 9.59 Å². The fraction of sp³-hybridized carbons (Fsp3) is 0.125. The second-order valence-electron chi connectivity index (χ2n) is 4.62. The molecule has 1 aromatic carbocycles. The smallest absolute Gasteiger partial charge is 0.254 e. The van der Waals surface area contributed by atoms with Crippen molar-refractivity contribution in [2.24, 2.45) is 5.73 Å². The summed E-state index contributed by atoms with van der Waals surface area (Å²) in [6, 6.07) is 12.4. The van der Waals surface area contributed by atoms with Gasteiger partial charge in [-0.1, -0.05) is 30.3 Å². The van der Waals surface area contributed by atoms with Crippen LogP contribution in [-0.2, 0) is 11.2 Å². The van der Waals surface area contributed by atoms with Crippen LogP contribution in [0.3, 0.4) is 0 Å². The number of aromatic nitrogens is 1. The number of carbonyl (C=O) groups is 2. The average Bonchev–Trinajstić information content (AvgIpc) is 2.53. The number of aliphatic hydroxyl groups is 1. The van der Waals surface area contributed by atoms with E-state index in [0.717, 1.165) is 5.56 Å². The zero-order valence-corrected chi connectivity index (χ0v) is 11.8. The first-order valence-electron chi connectivity index (χ1n) is 6.69. The van der Waals surface area contributed by atoms with Crippen molar-refractivity contribution in [3.63, 3.8) is 0 Å². The van der Waals surface area contributed by atoms with Gasteiger partial charge in [-0.15, -0.1) is 0 Å². The highest BCUT2D eigenvalue weighted by Gasteiger charge is 2.18. The van der Waals surface area contributed by atoms with Gasteiger partial charge in [0.1, 0.15) is 11.9 Å². The van der Waals surface area contributed by atoms with Crippen molar-refractivity contribution in [2.45, 2.75) is 12.5 Å². The van der Waals surface area contributed by atoms with Gasteiger partial charge in [-0.05, 0) is 24.1 Å². The number of nitrogens with two attached hydrogens (primary N) is 1. The minimum absolute atomic E-state index is 0.0344. The number of nitrogens with one attached hydrogen (secondary N) is 1. The Morgan fingerprint density at radius 1 is 1.23 bits per heavy atom. The second-order valence-corrected chi connectivity index (χ2v) is 4.62. The molecule has 2 amide bonds. The van der Waals surface area contributed by atoms with Crippen molar-refractivity contribution in [2.75, 3.05) is 5.32 Å². The van der Waals surface area contributed by atoms with Gasteiger partial charge in [0.05, 0.1) is 5.56 Å². The highest BCUT2D eigenvalue weighted by atomic mass is 16.3. The Kier molecular flexibility index (Phi) is 5.21. The molecule has 2 aromatic rings. The third-order valence-corrected chi connectivity index (χ3v) is 3.00. The number of anilines is 1. The van der Waals surface area contributed by atoms with Crippen LogP contribution < -0.4 is 11.1 Å². The number of aliphatic hydroxyl groups excluding tert-OH is 1. The van der Waals surface area contributed by atoms with Gasteiger partial charge in [0.2, 0.25) is 0 Å². The van der Waals surface area contributed by atoms with Gasteiger partial charge in [0.25, 0.3) is 11.8 Å². The van der Waals surface area contributed by atoms with Gasteiger partial charge in [0.15, 0.2) is 0 Å². The summed E-state index contributed by atoms with van der Waals surface area (Å²) in [5.41, 5.74) is 6.27. The van der Waals surface area contributed by atoms with Crippen LogP contribution in [0.15, 0.2) is 48.7 Å². The number of nitrogens with zero attached hydrogens (tertiary/aromatic N) is 1. The lowest BCUT2D eigenvalue weighted by molar-refractivity contribution is -0.122. The molecular weight excluding hydrogens is 282 g/mol. The first-order chi connectivity index (χ1) is 10.6. The molecule has 0 aliphatic carbocycles. The summed E-state index contributed by atoms with van der Waals surface area (Å²) >= 11 is 0. The molecule has 4 N–H and O–H groups in total. The van der Waals surface area contributed by atoms with Crippen LogP contribution in [0.4, 0.5) is 5.82 Å². The predicted molar refractivity (Wildman–Crippen MR) is 81.8 cm³/mol. The lowest BCUT2D eigenvalue weighted by Gasteiger charge is -2.12. The van der Waals surface area contributed by atoms with E-state index in [1.165, 1.54) is 24.8 Å². The molecule has 0 aliphatic rings. The second kappa shape index (κ2) is 7.33. The molecule has 0 saturated heterocycles. The van der Waals surface area contributed by atoms with Crippen molar-refractivity contribution in [3.8, 4) is 0 Å². The van der Waals surface area contributed by atoms with E-state index in [1.807, 2.05) is 30.3 Å². The van der Waals surface area contributed by atoms with E-state index in [1.54, 1.807) is 0 Å². The van der Waals surface area contributed by atoms with Crippen molar-refractivity contribution in [1.29, 1.82) is 0 Å². The first-order valence-corrected chi connectivity index (χ1v) is 6.69. The van der Waals surface area contributed by atoms with Crippen molar-refractivity contribution in [1.82, 2.24) is 4.98 Å². The molecule has 2 rings (SSSR count). The minimum Gasteiger partial charge on any atom is -0.383 e. The molecule has 0 bridgehead atoms. The number of amides is 2. The fourth-order valence-corrected chi connectivity index (χ4v) is 1.86. The van der Waals surface area contributed by atoms with E-state index in [0.29, 0.717) is 6.42 Å². The van der Waals surface area contributed by atoms with E-state index >= 15 is 0 Å². The fourth-order valence-electron chi connectivity index (χ4n) is 1.86.